The van der Waals surface area contributed by atoms with Crippen LogP contribution in [0.1, 0.15) is 28.5 Å². The van der Waals surface area contributed by atoms with Crippen molar-refractivity contribution in [3.8, 4) is 5.75 Å². The molecular formula is C22H24N4O2. The van der Waals surface area contributed by atoms with Gasteiger partial charge in [-0.1, -0.05) is 43.3 Å². The number of hydrogen-bond acceptors (Lipinski definition) is 5. The molecule has 0 aliphatic rings. The van der Waals surface area contributed by atoms with Crippen molar-refractivity contribution in [2.24, 2.45) is 0 Å². The SMILES string of the molecule is CCc1ccccc1NC(=O)c1cnc(NCCc2ccccc2OC)cn1. The van der Waals surface area contributed by atoms with Gasteiger partial charge in [0.25, 0.3) is 5.91 Å². The van der Waals surface area contributed by atoms with Crippen molar-refractivity contribution in [2.45, 2.75) is 19.8 Å². The van der Waals surface area contributed by atoms with Gasteiger partial charge in [-0.2, -0.15) is 0 Å². The van der Waals surface area contributed by atoms with E-state index in [1.807, 2.05) is 48.5 Å². The van der Waals surface area contributed by atoms with Gasteiger partial charge in [0.2, 0.25) is 0 Å². The van der Waals surface area contributed by atoms with E-state index < -0.39 is 0 Å². The quantitative estimate of drug-likeness (QED) is 0.622. The van der Waals surface area contributed by atoms with E-state index in [1.165, 1.54) is 6.20 Å². The topological polar surface area (TPSA) is 76.1 Å². The van der Waals surface area contributed by atoms with Crippen LogP contribution in [0.3, 0.4) is 0 Å². The highest BCUT2D eigenvalue weighted by molar-refractivity contribution is 6.03. The molecule has 28 heavy (non-hydrogen) atoms. The van der Waals surface area contributed by atoms with Crippen molar-refractivity contribution in [2.75, 3.05) is 24.3 Å². The first kappa shape index (κ1) is 19.4. The van der Waals surface area contributed by atoms with E-state index in [1.54, 1.807) is 13.3 Å². The molecule has 0 aliphatic heterocycles. The number of nitrogens with one attached hydrogen (secondary N) is 2. The molecule has 1 heterocycles. The number of hydrogen-bond donors (Lipinski definition) is 2. The molecule has 3 rings (SSSR count). The van der Waals surface area contributed by atoms with E-state index in [0.717, 1.165) is 35.4 Å². The fourth-order valence-corrected chi connectivity index (χ4v) is 2.91. The van der Waals surface area contributed by atoms with E-state index in [2.05, 4.69) is 27.5 Å². The van der Waals surface area contributed by atoms with Crippen LogP contribution in [0.5, 0.6) is 5.75 Å². The number of methoxy groups -OCH3 is 1. The molecule has 0 saturated heterocycles. The molecule has 0 atom stereocenters. The van der Waals surface area contributed by atoms with Crippen molar-refractivity contribution in [1.82, 2.24) is 9.97 Å². The lowest BCUT2D eigenvalue weighted by molar-refractivity contribution is 0.102. The Hall–Kier alpha value is -3.41. The molecule has 2 aromatic carbocycles. The van der Waals surface area contributed by atoms with Gasteiger partial charge in [0.15, 0.2) is 0 Å². The molecule has 0 spiro atoms. The van der Waals surface area contributed by atoms with E-state index >= 15 is 0 Å². The van der Waals surface area contributed by atoms with E-state index in [0.29, 0.717) is 12.4 Å². The summed E-state index contributed by atoms with van der Waals surface area (Å²) in [5.74, 6) is 1.23. The second-order valence-corrected chi connectivity index (χ2v) is 6.24. The third kappa shape index (κ3) is 4.85. The van der Waals surface area contributed by atoms with Crippen molar-refractivity contribution >= 4 is 17.4 Å². The zero-order valence-corrected chi connectivity index (χ0v) is 16.1. The first-order valence-corrected chi connectivity index (χ1v) is 9.28. The number of aromatic nitrogens is 2. The normalized spacial score (nSPS) is 10.4. The van der Waals surface area contributed by atoms with Crippen LogP contribution in [0.4, 0.5) is 11.5 Å². The number of ether oxygens (including phenoxy) is 1. The predicted octanol–water partition coefficient (Wildman–Crippen LogP) is 3.95. The number of anilines is 2. The van der Waals surface area contributed by atoms with Crippen molar-refractivity contribution < 1.29 is 9.53 Å². The van der Waals surface area contributed by atoms with Crippen LogP contribution in [0.15, 0.2) is 60.9 Å². The molecule has 2 N–H and O–H groups in total. The highest BCUT2D eigenvalue weighted by Gasteiger charge is 2.10. The molecule has 0 fully saturated rings. The first-order chi connectivity index (χ1) is 13.7. The Morgan fingerprint density at radius 2 is 1.75 bits per heavy atom. The summed E-state index contributed by atoms with van der Waals surface area (Å²) in [5.41, 5.74) is 3.28. The molecule has 0 saturated carbocycles. The maximum atomic E-state index is 12.4. The van der Waals surface area contributed by atoms with Gasteiger partial charge in [-0.15, -0.1) is 0 Å². The summed E-state index contributed by atoms with van der Waals surface area (Å²) >= 11 is 0. The van der Waals surface area contributed by atoms with Gasteiger partial charge in [-0.3, -0.25) is 4.79 Å². The Morgan fingerprint density at radius 1 is 1.00 bits per heavy atom. The minimum Gasteiger partial charge on any atom is -0.496 e. The van der Waals surface area contributed by atoms with Crippen molar-refractivity contribution in [3.05, 3.63) is 77.7 Å². The predicted molar refractivity (Wildman–Crippen MR) is 111 cm³/mol. The number of aryl methyl sites for hydroxylation is 1. The lowest BCUT2D eigenvalue weighted by Gasteiger charge is -2.10. The molecule has 144 valence electrons. The van der Waals surface area contributed by atoms with Gasteiger partial charge in [0.1, 0.15) is 17.3 Å². The molecular weight excluding hydrogens is 352 g/mol. The lowest BCUT2D eigenvalue weighted by atomic mass is 10.1. The Labute approximate surface area is 165 Å². The number of carbonyl (C=O) groups excluding carboxylic acids is 1. The standard InChI is InChI=1S/C22H24N4O2/c1-3-16-8-4-6-10-18(16)26-22(27)19-14-25-21(15-24-19)23-13-12-17-9-5-7-11-20(17)28-2/h4-11,14-15H,3,12-13H2,1-2H3,(H,23,25)(H,26,27). The fraction of sp³-hybridized carbons (Fsp3) is 0.227. The second-order valence-electron chi connectivity index (χ2n) is 6.24. The summed E-state index contributed by atoms with van der Waals surface area (Å²) in [6.45, 7) is 2.74. The molecule has 0 bridgehead atoms. The molecule has 6 heteroatoms. The second kappa shape index (κ2) is 9.50. The summed E-state index contributed by atoms with van der Waals surface area (Å²) in [5, 5.41) is 6.12. The summed E-state index contributed by atoms with van der Waals surface area (Å²) in [7, 11) is 1.67. The van der Waals surface area contributed by atoms with E-state index in [4.69, 9.17) is 4.74 Å². The highest BCUT2D eigenvalue weighted by Crippen LogP contribution is 2.18. The van der Waals surface area contributed by atoms with Crippen LogP contribution >= 0.6 is 0 Å². The van der Waals surface area contributed by atoms with Gasteiger partial charge in [0.05, 0.1) is 19.5 Å². The number of nitrogens with zero attached hydrogens (tertiary/aromatic N) is 2. The number of amides is 1. The zero-order chi connectivity index (χ0) is 19.8. The summed E-state index contributed by atoms with van der Waals surface area (Å²) in [4.78, 5) is 20.9. The Morgan fingerprint density at radius 3 is 2.46 bits per heavy atom. The van der Waals surface area contributed by atoms with Gasteiger partial charge in [-0.05, 0) is 36.1 Å². The van der Waals surface area contributed by atoms with Crippen LogP contribution in [-0.2, 0) is 12.8 Å². The van der Waals surface area contributed by atoms with Crippen LogP contribution < -0.4 is 15.4 Å². The smallest absolute Gasteiger partial charge is 0.275 e. The third-order valence-electron chi connectivity index (χ3n) is 4.42. The van der Waals surface area contributed by atoms with Crippen LogP contribution in [0.2, 0.25) is 0 Å². The summed E-state index contributed by atoms with van der Waals surface area (Å²) in [6, 6.07) is 15.7. The van der Waals surface area contributed by atoms with E-state index in [9.17, 15) is 4.79 Å². The Kier molecular flexibility index (Phi) is 6.57. The van der Waals surface area contributed by atoms with Gasteiger partial charge >= 0.3 is 0 Å². The molecule has 1 amide bonds. The average molecular weight is 376 g/mol. The minimum atomic E-state index is -0.269. The highest BCUT2D eigenvalue weighted by atomic mass is 16.5. The van der Waals surface area contributed by atoms with Gasteiger partial charge in [0, 0.05) is 12.2 Å². The molecule has 0 aliphatic carbocycles. The fourth-order valence-electron chi connectivity index (χ4n) is 2.91. The molecule has 0 radical (unpaired) electrons. The van der Waals surface area contributed by atoms with Gasteiger partial charge in [-0.25, -0.2) is 9.97 Å². The van der Waals surface area contributed by atoms with Crippen LogP contribution in [0, 0.1) is 0 Å². The molecule has 1 aromatic heterocycles. The summed E-state index contributed by atoms with van der Waals surface area (Å²) < 4.78 is 5.36. The number of para-hydroxylation sites is 2. The van der Waals surface area contributed by atoms with Crippen LogP contribution in [-0.4, -0.2) is 29.5 Å². The Balaban J connectivity index is 1.56. The lowest BCUT2D eigenvalue weighted by Crippen LogP contribution is -2.16. The maximum Gasteiger partial charge on any atom is 0.275 e. The maximum absolute atomic E-state index is 12.4. The first-order valence-electron chi connectivity index (χ1n) is 9.28. The van der Waals surface area contributed by atoms with Crippen LogP contribution in [0.25, 0.3) is 0 Å². The average Bonchev–Trinajstić information content (AvgIpc) is 2.75. The van der Waals surface area contributed by atoms with Crippen molar-refractivity contribution in [1.29, 1.82) is 0 Å². The largest absolute Gasteiger partial charge is 0.496 e. The zero-order valence-electron chi connectivity index (χ0n) is 16.1. The number of carbonyl (C=O) groups is 1. The minimum absolute atomic E-state index is 0.269. The van der Waals surface area contributed by atoms with Crippen molar-refractivity contribution in [3.63, 3.8) is 0 Å². The number of benzene rings is 2. The molecule has 0 unspecified atom stereocenters. The van der Waals surface area contributed by atoms with E-state index in [-0.39, 0.29) is 11.6 Å². The third-order valence-corrected chi connectivity index (χ3v) is 4.42. The molecule has 3 aromatic rings. The number of rotatable bonds is 8. The monoisotopic (exact) mass is 376 g/mol. The molecule has 6 nitrogen and oxygen atoms in total. The van der Waals surface area contributed by atoms with Gasteiger partial charge < -0.3 is 15.4 Å². The summed E-state index contributed by atoms with van der Waals surface area (Å²) in [6.07, 6.45) is 4.69. The Bertz CT molecular complexity index is 926.